The number of carboxylic acids is 1. The number of aliphatic hydroxyl groups is 1. The lowest BCUT2D eigenvalue weighted by Crippen LogP contribution is -2.53. The molecule has 1 aromatic carbocycles. The van der Waals surface area contributed by atoms with Gasteiger partial charge in [0.15, 0.2) is 6.10 Å². The summed E-state index contributed by atoms with van der Waals surface area (Å²) in [5.41, 5.74) is 3.41. The van der Waals surface area contributed by atoms with Crippen molar-refractivity contribution in [3.63, 3.8) is 0 Å². The molecule has 27 heavy (non-hydrogen) atoms. The van der Waals surface area contributed by atoms with Gasteiger partial charge in [-0.2, -0.15) is 0 Å². The highest BCUT2D eigenvalue weighted by atomic mass is 127. The van der Waals surface area contributed by atoms with Crippen LogP contribution < -0.4 is 0 Å². The first-order valence-electron chi connectivity index (χ1n) is 9.62. The second kappa shape index (κ2) is 7.35. The van der Waals surface area contributed by atoms with E-state index in [0.29, 0.717) is 18.2 Å². The summed E-state index contributed by atoms with van der Waals surface area (Å²) in [7, 11) is 0. The molecule has 1 atom stereocenters. The number of aliphatic carboxylic acids is 1. The van der Waals surface area contributed by atoms with Crippen molar-refractivity contribution in [1.29, 1.82) is 0 Å². The molecule has 148 valence electrons. The Hall–Kier alpha value is -1.15. The Bertz CT molecular complexity index is 796. The smallest absolute Gasteiger partial charge is 0.337 e. The summed E-state index contributed by atoms with van der Waals surface area (Å²) in [6, 6.07) is 0.292. The van der Waals surface area contributed by atoms with E-state index in [9.17, 15) is 19.8 Å². The van der Waals surface area contributed by atoms with Crippen molar-refractivity contribution in [2.45, 2.75) is 83.9 Å². The largest absolute Gasteiger partial charge is 0.479 e. The topological polar surface area (TPSA) is 77.8 Å². The third-order valence-corrected chi connectivity index (χ3v) is 7.76. The maximum atomic E-state index is 13.4. The highest BCUT2D eigenvalue weighted by Gasteiger charge is 2.45. The molecule has 0 aromatic heterocycles. The number of halogens is 1. The highest BCUT2D eigenvalue weighted by Crippen LogP contribution is 2.44. The molecule has 0 bridgehead atoms. The van der Waals surface area contributed by atoms with Gasteiger partial charge >= 0.3 is 5.97 Å². The van der Waals surface area contributed by atoms with E-state index in [-0.39, 0.29) is 5.91 Å². The fourth-order valence-electron chi connectivity index (χ4n) is 4.94. The summed E-state index contributed by atoms with van der Waals surface area (Å²) in [4.78, 5) is 26.9. The zero-order valence-electron chi connectivity index (χ0n) is 16.4. The quantitative estimate of drug-likeness (QED) is 0.636. The summed E-state index contributed by atoms with van der Waals surface area (Å²) in [5, 5.41) is 19.6. The number of hydrogen-bond donors (Lipinski definition) is 2. The van der Waals surface area contributed by atoms with Gasteiger partial charge < -0.3 is 15.1 Å². The number of hydrogen-bond acceptors (Lipinski definition) is 3. The van der Waals surface area contributed by atoms with Gasteiger partial charge in [-0.3, -0.25) is 4.79 Å². The van der Waals surface area contributed by atoms with Gasteiger partial charge in [-0.1, -0.05) is 19.3 Å². The number of carbonyl (C=O) groups is 2. The number of carboxylic acid groups (broad SMARTS) is 1. The monoisotopic (exact) mass is 485 g/mol. The van der Waals surface area contributed by atoms with E-state index in [0.717, 1.165) is 38.7 Å². The first-order chi connectivity index (χ1) is 12.6. The maximum Gasteiger partial charge on any atom is 0.337 e. The van der Waals surface area contributed by atoms with Gasteiger partial charge in [-0.15, -0.1) is 0 Å². The van der Waals surface area contributed by atoms with Crippen LogP contribution in [0.3, 0.4) is 0 Å². The predicted octanol–water partition coefficient (Wildman–Crippen LogP) is 3.98. The normalized spacial score (nSPS) is 21.1. The zero-order chi connectivity index (χ0) is 20.1. The number of carbonyl (C=O) groups excluding carboxylic acids is 1. The van der Waals surface area contributed by atoms with Crippen molar-refractivity contribution in [2.24, 2.45) is 0 Å². The number of amides is 1. The SMILES string of the molecule is Cc1c(I)c(C(O)C(=O)O)c(C)c2c1CN(C1CCCCC1)C(=O)C2(C)C. The number of nitrogens with zero attached hydrogens (tertiary/aromatic N) is 1. The summed E-state index contributed by atoms with van der Waals surface area (Å²) in [6.07, 6.45) is 4.11. The maximum absolute atomic E-state index is 13.4. The lowest BCUT2D eigenvalue weighted by Gasteiger charge is -2.46. The van der Waals surface area contributed by atoms with Gasteiger partial charge in [-0.25, -0.2) is 4.79 Å². The molecule has 1 heterocycles. The molecule has 1 aliphatic heterocycles. The van der Waals surface area contributed by atoms with E-state index in [4.69, 9.17) is 0 Å². The number of rotatable bonds is 3. The molecule has 6 heteroatoms. The Kier molecular flexibility index (Phi) is 5.60. The molecule has 3 rings (SSSR count). The second-order valence-corrected chi connectivity index (χ2v) is 9.50. The zero-order valence-corrected chi connectivity index (χ0v) is 18.6. The van der Waals surface area contributed by atoms with Crippen molar-refractivity contribution >= 4 is 34.5 Å². The molecule has 2 aliphatic rings. The minimum atomic E-state index is -1.58. The van der Waals surface area contributed by atoms with E-state index in [1.165, 1.54) is 19.3 Å². The van der Waals surface area contributed by atoms with Crippen molar-refractivity contribution < 1.29 is 19.8 Å². The first-order valence-corrected chi connectivity index (χ1v) is 10.7. The van der Waals surface area contributed by atoms with E-state index in [1.54, 1.807) is 0 Å². The Labute approximate surface area is 174 Å². The van der Waals surface area contributed by atoms with Crippen LogP contribution in [0.15, 0.2) is 0 Å². The highest BCUT2D eigenvalue weighted by molar-refractivity contribution is 14.1. The molecule has 1 aromatic rings. The minimum Gasteiger partial charge on any atom is -0.479 e. The van der Waals surface area contributed by atoms with Crippen molar-refractivity contribution in [2.75, 3.05) is 0 Å². The molecular formula is C21H28INO4. The van der Waals surface area contributed by atoms with E-state index < -0.39 is 17.5 Å². The van der Waals surface area contributed by atoms with Crippen LogP contribution in [0.5, 0.6) is 0 Å². The Morgan fingerprint density at radius 1 is 1.19 bits per heavy atom. The van der Waals surface area contributed by atoms with Gasteiger partial charge in [0.2, 0.25) is 5.91 Å². The van der Waals surface area contributed by atoms with Crippen molar-refractivity contribution in [1.82, 2.24) is 4.90 Å². The molecule has 5 nitrogen and oxygen atoms in total. The molecule has 2 N–H and O–H groups in total. The van der Waals surface area contributed by atoms with Gasteiger partial charge in [0.1, 0.15) is 0 Å². The van der Waals surface area contributed by atoms with Gasteiger partial charge in [-0.05, 0) is 85.4 Å². The summed E-state index contributed by atoms with van der Waals surface area (Å²) in [6.45, 7) is 8.25. The van der Waals surface area contributed by atoms with Crippen LogP contribution in [0.1, 0.15) is 79.9 Å². The van der Waals surface area contributed by atoms with E-state index in [1.807, 2.05) is 27.7 Å². The number of benzene rings is 1. The third-order valence-electron chi connectivity index (χ3n) is 6.37. The van der Waals surface area contributed by atoms with E-state index >= 15 is 0 Å². The minimum absolute atomic E-state index is 0.112. The van der Waals surface area contributed by atoms with E-state index in [2.05, 4.69) is 27.5 Å². The van der Waals surface area contributed by atoms with Crippen molar-refractivity contribution in [3.8, 4) is 0 Å². The Morgan fingerprint density at radius 2 is 1.78 bits per heavy atom. The van der Waals surface area contributed by atoms with Crippen LogP contribution in [0, 0.1) is 17.4 Å². The average molecular weight is 485 g/mol. The number of fused-ring (bicyclic) bond motifs is 1. The molecular weight excluding hydrogens is 457 g/mol. The van der Waals surface area contributed by atoms with Gasteiger partial charge in [0.05, 0.1) is 5.41 Å². The predicted molar refractivity (Wildman–Crippen MR) is 112 cm³/mol. The number of aliphatic hydroxyl groups excluding tert-OH is 1. The Balaban J connectivity index is 2.18. The fourth-order valence-corrected chi connectivity index (χ4v) is 5.96. The molecule has 0 radical (unpaired) electrons. The Morgan fingerprint density at radius 3 is 2.33 bits per heavy atom. The molecule has 1 amide bonds. The van der Waals surface area contributed by atoms with Crippen LogP contribution in [0.25, 0.3) is 0 Å². The summed E-state index contributed by atoms with van der Waals surface area (Å²) >= 11 is 2.14. The van der Waals surface area contributed by atoms with Crippen LogP contribution >= 0.6 is 22.6 Å². The third kappa shape index (κ3) is 3.28. The molecule has 1 fully saturated rings. The van der Waals surface area contributed by atoms with Gasteiger partial charge in [0, 0.05) is 21.7 Å². The molecule has 0 spiro atoms. The van der Waals surface area contributed by atoms with Crippen LogP contribution in [-0.4, -0.2) is 33.0 Å². The standard InChI is InChI=1S/C21H28INO4/c1-11-14-10-23(13-8-6-5-7-9-13)20(27)21(3,4)16(14)12(2)15(17(11)22)18(24)19(25)26/h13,18,24H,5-10H2,1-4H3,(H,25,26). The lowest BCUT2D eigenvalue weighted by molar-refractivity contribution is -0.147. The average Bonchev–Trinajstić information content (AvgIpc) is 2.62. The molecule has 1 saturated carbocycles. The van der Waals surface area contributed by atoms with Gasteiger partial charge in [0.25, 0.3) is 0 Å². The summed E-state index contributed by atoms with van der Waals surface area (Å²) in [5.74, 6) is -1.15. The lowest BCUT2D eigenvalue weighted by atomic mass is 9.71. The van der Waals surface area contributed by atoms with Crippen molar-refractivity contribution in [3.05, 3.63) is 31.4 Å². The first kappa shape index (κ1) is 20.6. The second-order valence-electron chi connectivity index (χ2n) is 8.42. The van der Waals surface area contributed by atoms with Crippen LogP contribution in [-0.2, 0) is 21.5 Å². The van der Waals surface area contributed by atoms with Crippen LogP contribution in [0.4, 0.5) is 0 Å². The molecule has 1 aliphatic carbocycles. The fraction of sp³-hybridized carbons (Fsp3) is 0.619. The van der Waals surface area contributed by atoms with Crippen LogP contribution in [0.2, 0.25) is 0 Å². The molecule has 1 unspecified atom stereocenters. The summed E-state index contributed by atoms with van der Waals surface area (Å²) < 4.78 is 0.785. The molecule has 0 saturated heterocycles.